The number of benzene rings is 1. The van der Waals surface area contributed by atoms with E-state index in [1.807, 2.05) is 0 Å². The molecule has 0 unspecified atom stereocenters. The Hall–Kier alpha value is -1.79. The highest BCUT2D eigenvalue weighted by Gasteiger charge is 2.31. The molecule has 16 heavy (non-hydrogen) atoms. The van der Waals surface area contributed by atoms with E-state index in [4.69, 9.17) is 5.11 Å². The Bertz CT molecular complexity index is 403. The Kier molecular flexibility index (Phi) is 3.36. The minimum absolute atomic E-state index is 0.282. The first-order chi connectivity index (χ1) is 7.30. The average molecular weight is 237 g/mol. The van der Waals surface area contributed by atoms with E-state index in [9.17, 15) is 22.4 Å². The predicted molar refractivity (Wildman–Crippen MR) is 47.5 cm³/mol. The zero-order chi connectivity index (χ0) is 12.3. The van der Waals surface area contributed by atoms with Crippen molar-refractivity contribution in [3.05, 3.63) is 29.6 Å². The van der Waals surface area contributed by atoms with E-state index in [1.165, 1.54) is 0 Å². The molecule has 0 atom stereocenters. The lowest BCUT2D eigenvalue weighted by Gasteiger charge is -2.09. The van der Waals surface area contributed by atoms with Crippen molar-refractivity contribution in [2.45, 2.75) is 6.18 Å². The van der Waals surface area contributed by atoms with Gasteiger partial charge in [-0.2, -0.15) is 13.2 Å². The van der Waals surface area contributed by atoms with Gasteiger partial charge in [-0.3, -0.25) is 4.79 Å². The van der Waals surface area contributed by atoms with Crippen molar-refractivity contribution in [2.24, 2.45) is 0 Å². The fourth-order valence-electron chi connectivity index (χ4n) is 1.01. The molecule has 0 fully saturated rings. The Morgan fingerprint density at radius 2 is 2.00 bits per heavy atom. The number of nitrogens with one attached hydrogen (secondary N) is 1. The molecule has 0 aliphatic heterocycles. The molecule has 0 saturated heterocycles. The SMILES string of the molecule is O=C(O)CNc1ccc(C(F)(F)F)cc1F. The van der Waals surface area contributed by atoms with Gasteiger partial charge in [0.1, 0.15) is 12.4 Å². The van der Waals surface area contributed by atoms with Crippen LogP contribution in [0.25, 0.3) is 0 Å². The van der Waals surface area contributed by atoms with E-state index in [0.717, 1.165) is 6.07 Å². The Morgan fingerprint density at radius 1 is 1.38 bits per heavy atom. The summed E-state index contributed by atoms with van der Waals surface area (Å²) in [6.07, 6.45) is -4.62. The molecule has 0 aliphatic rings. The molecule has 0 aromatic heterocycles. The van der Waals surface area contributed by atoms with Crippen LogP contribution in [0.1, 0.15) is 5.56 Å². The number of anilines is 1. The Morgan fingerprint density at radius 3 is 2.44 bits per heavy atom. The summed E-state index contributed by atoms with van der Waals surface area (Å²) in [6, 6.07) is 1.83. The number of rotatable bonds is 3. The number of alkyl halides is 3. The highest BCUT2D eigenvalue weighted by atomic mass is 19.4. The molecule has 2 N–H and O–H groups in total. The van der Waals surface area contributed by atoms with E-state index >= 15 is 0 Å². The molecule has 0 heterocycles. The van der Waals surface area contributed by atoms with Gasteiger partial charge in [0, 0.05) is 0 Å². The van der Waals surface area contributed by atoms with Gasteiger partial charge in [-0.15, -0.1) is 0 Å². The number of hydrogen-bond acceptors (Lipinski definition) is 2. The highest BCUT2D eigenvalue weighted by molar-refractivity contribution is 5.72. The first-order valence-corrected chi connectivity index (χ1v) is 4.13. The molecule has 1 rings (SSSR count). The number of aliphatic carboxylic acids is 1. The van der Waals surface area contributed by atoms with Gasteiger partial charge in [0.05, 0.1) is 11.3 Å². The second-order valence-corrected chi connectivity index (χ2v) is 2.94. The van der Waals surface area contributed by atoms with Crippen LogP contribution in [0.15, 0.2) is 18.2 Å². The van der Waals surface area contributed by atoms with Crippen molar-refractivity contribution in [1.29, 1.82) is 0 Å². The summed E-state index contributed by atoms with van der Waals surface area (Å²) in [6.45, 7) is -0.567. The van der Waals surface area contributed by atoms with E-state index in [1.54, 1.807) is 0 Å². The third-order valence-electron chi connectivity index (χ3n) is 1.73. The van der Waals surface area contributed by atoms with Crippen LogP contribution in [0.4, 0.5) is 23.2 Å². The second kappa shape index (κ2) is 4.38. The van der Waals surface area contributed by atoms with Crippen LogP contribution in [-0.4, -0.2) is 17.6 Å². The third kappa shape index (κ3) is 3.11. The normalized spacial score (nSPS) is 11.2. The van der Waals surface area contributed by atoms with Crippen LogP contribution in [0.3, 0.4) is 0 Å². The smallest absolute Gasteiger partial charge is 0.416 e. The molecular formula is C9H7F4NO2. The van der Waals surface area contributed by atoms with Gasteiger partial charge in [-0.25, -0.2) is 4.39 Å². The van der Waals surface area contributed by atoms with Crippen LogP contribution in [0.5, 0.6) is 0 Å². The molecule has 1 aromatic rings. The standard InChI is InChI=1S/C9H7F4NO2/c10-6-3-5(9(11,12)13)1-2-7(6)14-4-8(15)16/h1-3,14H,4H2,(H,15,16). The van der Waals surface area contributed by atoms with Crippen molar-refractivity contribution in [3.8, 4) is 0 Å². The van der Waals surface area contributed by atoms with Crippen molar-refractivity contribution in [1.82, 2.24) is 0 Å². The van der Waals surface area contributed by atoms with Crippen LogP contribution in [0.2, 0.25) is 0 Å². The maximum atomic E-state index is 13.1. The van der Waals surface area contributed by atoms with Crippen molar-refractivity contribution < 1.29 is 27.5 Å². The lowest BCUT2D eigenvalue weighted by Crippen LogP contribution is -2.14. The molecule has 0 saturated carbocycles. The Balaban J connectivity index is 2.88. The molecule has 88 valence electrons. The van der Waals surface area contributed by atoms with E-state index < -0.39 is 30.1 Å². The molecule has 0 radical (unpaired) electrons. The summed E-state index contributed by atoms with van der Waals surface area (Å²) in [5.41, 5.74) is -1.40. The first kappa shape index (κ1) is 12.3. The predicted octanol–water partition coefficient (Wildman–Crippen LogP) is 2.34. The van der Waals surface area contributed by atoms with Gasteiger partial charge < -0.3 is 10.4 Å². The first-order valence-electron chi connectivity index (χ1n) is 4.13. The zero-order valence-electron chi connectivity index (χ0n) is 7.81. The Labute approximate surface area is 87.7 Å². The summed E-state index contributed by atoms with van der Waals surface area (Å²) in [7, 11) is 0. The van der Waals surface area contributed by atoms with Crippen LogP contribution in [-0.2, 0) is 11.0 Å². The number of carboxylic acid groups (broad SMARTS) is 1. The number of hydrogen-bond donors (Lipinski definition) is 2. The summed E-state index contributed by atoms with van der Waals surface area (Å²) in [4.78, 5) is 10.1. The van der Waals surface area contributed by atoms with Crippen molar-refractivity contribution in [2.75, 3.05) is 11.9 Å². The number of carbonyl (C=O) groups is 1. The topological polar surface area (TPSA) is 49.3 Å². The lowest BCUT2D eigenvalue weighted by molar-refractivity contribution is -0.138. The fourth-order valence-corrected chi connectivity index (χ4v) is 1.01. The summed E-state index contributed by atoms with van der Waals surface area (Å²) >= 11 is 0. The molecule has 0 bridgehead atoms. The van der Waals surface area contributed by atoms with Gasteiger partial charge in [-0.1, -0.05) is 0 Å². The number of carboxylic acids is 1. The highest BCUT2D eigenvalue weighted by Crippen LogP contribution is 2.31. The monoisotopic (exact) mass is 237 g/mol. The van der Waals surface area contributed by atoms with E-state index in [2.05, 4.69) is 5.32 Å². The maximum absolute atomic E-state index is 13.1. The minimum Gasteiger partial charge on any atom is -0.480 e. The van der Waals surface area contributed by atoms with Gasteiger partial charge in [-0.05, 0) is 18.2 Å². The summed E-state index contributed by atoms with van der Waals surface area (Å²) < 4.78 is 49.5. The van der Waals surface area contributed by atoms with Gasteiger partial charge >= 0.3 is 12.1 Å². The number of halogens is 4. The van der Waals surface area contributed by atoms with Crippen molar-refractivity contribution in [3.63, 3.8) is 0 Å². The van der Waals surface area contributed by atoms with E-state index in [0.29, 0.717) is 12.1 Å². The summed E-state index contributed by atoms with van der Waals surface area (Å²) in [5, 5.41) is 10.4. The summed E-state index contributed by atoms with van der Waals surface area (Å²) in [5.74, 6) is -2.38. The molecule has 7 heteroatoms. The average Bonchev–Trinajstić information content (AvgIpc) is 2.14. The van der Waals surface area contributed by atoms with Crippen molar-refractivity contribution >= 4 is 11.7 Å². The minimum atomic E-state index is -4.62. The van der Waals surface area contributed by atoms with Gasteiger partial charge in [0.15, 0.2) is 0 Å². The lowest BCUT2D eigenvalue weighted by atomic mass is 10.2. The third-order valence-corrected chi connectivity index (χ3v) is 1.73. The zero-order valence-corrected chi connectivity index (χ0v) is 7.81. The molecule has 0 spiro atoms. The van der Waals surface area contributed by atoms with E-state index in [-0.39, 0.29) is 5.69 Å². The molecular weight excluding hydrogens is 230 g/mol. The van der Waals surface area contributed by atoms with Crippen LogP contribution >= 0.6 is 0 Å². The maximum Gasteiger partial charge on any atom is 0.416 e. The largest absolute Gasteiger partial charge is 0.480 e. The molecule has 0 aliphatic carbocycles. The quantitative estimate of drug-likeness (QED) is 0.793. The molecule has 3 nitrogen and oxygen atoms in total. The molecule has 0 amide bonds. The van der Waals surface area contributed by atoms with Gasteiger partial charge in [0.25, 0.3) is 0 Å². The fraction of sp³-hybridized carbons (Fsp3) is 0.222. The second-order valence-electron chi connectivity index (χ2n) is 2.94. The van der Waals surface area contributed by atoms with Gasteiger partial charge in [0.2, 0.25) is 0 Å². The molecule has 1 aromatic carbocycles. The van der Waals surface area contributed by atoms with Crippen LogP contribution < -0.4 is 5.32 Å². The van der Waals surface area contributed by atoms with Crippen LogP contribution in [0, 0.1) is 5.82 Å².